The largest absolute Gasteiger partial charge is 0.193 e. The summed E-state index contributed by atoms with van der Waals surface area (Å²) in [5.41, 5.74) is 1.20. The van der Waals surface area contributed by atoms with Gasteiger partial charge in [-0.05, 0) is 25.7 Å². The summed E-state index contributed by atoms with van der Waals surface area (Å²) in [5, 5.41) is 8.32. The Balaban J connectivity index is 3.41. The minimum atomic E-state index is 0.782. The van der Waals surface area contributed by atoms with Gasteiger partial charge in [-0.15, -0.1) is 0 Å². The zero-order chi connectivity index (χ0) is 8.69. The third-order valence-electron chi connectivity index (χ3n) is 1.66. The molecule has 0 atom stereocenters. The molecule has 11 heavy (non-hydrogen) atoms. The van der Waals surface area contributed by atoms with Crippen LogP contribution in [0.15, 0.2) is 11.6 Å². The van der Waals surface area contributed by atoms with Gasteiger partial charge in [-0.2, -0.15) is 5.26 Å². The lowest BCUT2D eigenvalue weighted by atomic mass is 10.0. The first-order valence-electron chi connectivity index (χ1n) is 4.22. The lowest BCUT2D eigenvalue weighted by molar-refractivity contribution is 0.555. The molecule has 0 saturated heterocycles. The third kappa shape index (κ3) is 7.12. The van der Waals surface area contributed by atoms with E-state index in [1.807, 2.05) is 13.0 Å². The van der Waals surface area contributed by atoms with Gasteiger partial charge in [-0.1, -0.05) is 25.8 Å². The van der Waals surface area contributed by atoms with Crippen molar-refractivity contribution in [2.24, 2.45) is 5.92 Å². The van der Waals surface area contributed by atoms with E-state index in [0.717, 1.165) is 12.3 Å². The van der Waals surface area contributed by atoms with Crippen LogP contribution in [0.1, 0.15) is 40.0 Å². The molecule has 0 rings (SSSR count). The Labute approximate surface area is 69.7 Å². The molecule has 0 aromatic rings. The van der Waals surface area contributed by atoms with Crippen molar-refractivity contribution in [3.8, 4) is 6.07 Å². The minimum Gasteiger partial charge on any atom is -0.193 e. The van der Waals surface area contributed by atoms with Gasteiger partial charge in [0.1, 0.15) is 0 Å². The van der Waals surface area contributed by atoms with Gasteiger partial charge in [0.2, 0.25) is 0 Å². The van der Waals surface area contributed by atoms with Gasteiger partial charge in [0.25, 0.3) is 0 Å². The Morgan fingerprint density at radius 1 is 1.55 bits per heavy atom. The van der Waals surface area contributed by atoms with Gasteiger partial charge >= 0.3 is 0 Å². The van der Waals surface area contributed by atoms with Gasteiger partial charge < -0.3 is 0 Å². The molecule has 0 unspecified atom stereocenters. The number of hydrogen-bond acceptors (Lipinski definition) is 1. The zero-order valence-electron chi connectivity index (χ0n) is 7.72. The average Bonchev–Trinajstić information content (AvgIpc) is 1.87. The van der Waals surface area contributed by atoms with Gasteiger partial charge in [0.05, 0.1) is 6.07 Å². The summed E-state index contributed by atoms with van der Waals surface area (Å²) in [6.07, 6.45) is 5.18. The van der Waals surface area contributed by atoms with Crippen LogP contribution in [0.2, 0.25) is 0 Å². The first kappa shape index (κ1) is 10.2. The van der Waals surface area contributed by atoms with E-state index < -0.39 is 0 Å². The predicted molar refractivity (Wildman–Crippen MR) is 48.1 cm³/mol. The first-order valence-corrected chi connectivity index (χ1v) is 4.22. The molecule has 0 aromatic heterocycles. The molecule has 0 radical (unpaired) electrons. The Morgan fingerprint density at radius 3 is 2.64 bits per heavy atom. The smallest absolute Gasteiger partial charge is 0.0911 e. The summed E-state index contributed by atoms with van der Waals surface area (Å²) >= 11 is 0. The quantitative estimate of drug-likeness (QED) is 0.566. The van der Waals surface area contributed by atoms with Crippen molar-refractivity contribution in [2.45, 2.75) is 40.0 Å². The molecule has 0 N–H and O–H groups in total. The predicted octanol–water partition coefficient (Wildman–Crippen LogP) is 3.28. The lowest BCUT2D eigenvalue weighted by Gasteiger charge is -2.02. The summed E-state index contributed by atoms with van der Waals surface area (Å²) in [5.74, 6) is 0.782. The van der Waals surface area contributed by atoms with Gasteiger partial charge in [0, 0.05) is 6.08 Å². The molecule has 0 saturated carbocycles. The fraction of sp³-hybridized carbons (Fsp3) is 0.700. The number of rotatable bonds is 4. The van der Waals surface area contributed by atoms with Crippen molar-refractivity contribution in [1.29, 1.82) is 5.26 Å². The maximum Gasteiger partial charge on any atom is 0.0911 e. The standard InChI is InChI=1S/C10H17N/c1-9(2)5-4-6-10(3)7-8-11/h7,9H,4-6H2,1-3H3. The lowest BCUT2D eigenvalue weighted by Crippen LogP contribution is -1.87. The van der Waals surface area contributed by atoms with E-state index in [1.165, 1.54) is 18.4 Å². The molecule has 1 heteroatoms. The summed E-state index contributed by atoms with van der Waals surface area (Å²) < 4.78 is 0. The van der Waals surface area contributed by atoms with E-state index in [-0.39, 0.29) is 0 Å². The number of hydrogen-bond donors (Lipinski definition) is 0. The first-order chi connectivity index (χ1) is 5.16. The molecule has 0 aromatic carbocycles. The Morgan fingerprint density at radius 2 is 2.18 bits per heavy atom. The molecular weight excluding hydrogens is 134 g/mol. The minimum absolute atomic E-state index is 0.782. The van der Waals surface area contributed by atoms with E-state index in [4.69, 9.17) is 5.26 Å². The van der Waals surface area contributed by atoms with Crippen LogP contribution < -0.4 is 0 Å². The molecule has 62 valence electrons. The zero-order valence-corrected chi connectivity index (χ0v) is 7.72. The SMILES string of the molecule is CC(=CC#N)CCCC(C)C. The summed E-state index contributed by atoms with van der Waals surface area (Å²) in [7, 11) is 0. The van der Waals surface area contributed by atoms with Crippen molar-refractivity contribution in [1.82, 2.24) is 0 Å². The fourth-order valence-electron chi connectivity index (χ4n) is 0.972. The molecule has 0 amide bonds. The second-order valence-corrected chi connectivity index (χ2v) is 3.41. The molecule has 1 nitrogen and oxygen atoms in total. The molecule has 0 fully saturated rings. The van der Waals surface area contributed by atoms with E-state index >= 15 is 0 Å². The second kappa shape index (κ2) is 5.97. The van der Waals surface area contributed by atoms with Crippen LogP contribution in [0, 0.1) is 17.2 Å². The highest BCUT2D eigenvalue weighted by molar-refractivity contribution is 5.10. The van der Waals surface area contributed by atoms with Crippen LogP contribution in [0.3, 0.4) is 0 Å². The van der Waals surface area contributed by atoms with Crippen molar-refractivity contribution in [3.63, 3.8) is 0 Å². The van der Waals surface area contributed by atoms with Gasteiger partial charge in [0.15, 0.2) is 0 Å². The van der Waals surface area contributed by atoms with Crippen molar-refractivity contribution < 1.29 is 0 Å². The highest BCUT2D eigenvalue weighted by Crippen LogP contribution is 2.10. The highest BCUT2D eigenvalue weighted by Gasteiger charge is 1.94. The number of nitriles is 1. The monoisotopic (exact) mass is 151 g/mol. The maximum atomic E-state index is 8.32. The van der Waals surface area contributed by atoms with Gasteiger partial charge in [-0.25, -0.2) is 0 Å². The van der Waals surface area contributed by atoms with E-state index in [9.17, 15) is 0 Å². The molecule has 0 aliphatic carbocycles. The Hall–Kier alpha value is -0.770. The highest BCUT2D eigenvalue weighted by atomic mass is 14.2. The maximum absolute atomic E-state index is 8.32. The molecule has 0 spiro atoms. The van der Waals surface area contributed by atoms with Gasteiger partial charge in [-0.3, -0.25) is 0 Å². The van der Waals surface area contributed by atoms with Crippen LogP contribution in [0.4, 0.5) is 0 Å². The van der Waals surface area contributed by atoms with Crippen LogP contribution in [0.5, 0.6) is 0 Å². The molecule has 0 bridgehead atoms. The fourth-order valence-corrected chi connectivity index (χ4v) is 0.972. The molecule has 0 aliphatic rings. The van der Waals surface area contributed by atoms with Crippen LogP contribution >= 0.6 is 0 Å². The Bertz CT molecular complexity index is 160. The van der Waals surface area contributed by atoms with Crippen LogP contribution in [0.25, 0.3) is 0 Å². The Kier molecular flexibility index (Phi) is 5.56. The van der Waals surface area contributed by atoms with E-state index in [2.05, 4.69) is 13.8 Å². The van der Waals surface area contributed by atoms with Crippen molar-refractivity contribution >= 4 is 0 Å². The second-order valence-electron chi connectivity index (χ2n) is 3.41. The van der Waals surface area contributed by atoms with Crippen LogP contribution in [-0.2, 0) is 0 Å². The van der Waals surface area contributed by atoms with Crippen molar-refractivity contribution in [3.05, 3.63) is 11.6 Å². The van der Waals surface area contributed by atoms with E-state index in [1.54, 1.807) is 6.08 Å². The molecular formula is C10H17N. The molecule has 0 aliphatic heterocycles. The topological polar surface area (TPSA) is 23.8 Å². The summed E-state index contributed by atoms with van der Waals surface area (Å²) in [4.78, 5) is 0. The summed E-state index contributed by atoms with van der Waals surface area (Å²) in [6, 6.07) is 2.04. The third-order valence-corrected chi connectivity index (χ3v) is 1.66. The average molecular weight is 151 g/mol. The van der Waals surface area contributed by atoms with Crippen LogP contribution in [-0.4, -0.2) is 0 Å². The number of allylic oxidation sites excluding steroid dienone is 2. The molecule has 0 heterocycles. The summed E-state index contributed by atoms with van der Waals surface area (Å²) in [6.45, 7) is 6.47. The van der Waals surface area contributed by atoms with Crippen molar-refractivity contribution in [2.75, 3.05) is 0 Å². The van der Waals surface area contributed by atoms with E-state index in [0.29, 0.717) is 0 Å². The number of nitrogens with zero attached hydrogens (tertiary/aromatic N) is 1. The normalized spacial score (nSPS) is 11.7.